The summed E-state index contributed by atoms with van der Waals surface area (Å²) in [6.07, 6.45) is 0. The van der Waals surface area contributed by atoms with Crippen molar-refractivity contribution in [3.63, 3.8) is 0 Å². The lowest BCUT2D eigenvalue weighted by molar-refractivity contribution is 0.0938. The molecule has 4 aromatic rings. The number of nitrogens with zero attached hydrogens (tertiary/aromatic N) is 1. The Morgan fingerprint density at radius 1 is 0.815 bits per heavy atom. The summed E-state index contributed by atoms with van der Waals surface area (Å²) in [5, 5.41) is 1.06. The Balaban J connectivity index is 2.01. The van der Waals surface area contributed by atoms with Crippen molar-refractivity contribution in [2.45, 2.75) is 0 Å². The number of hydrogen-bond donors (Lipinski definition) is 1. The summed E-state index contributed by atoms with van der Waals surface area (Å²) in [4.78, 5) is 26.4. The SMILES string of the molecule is Nc1c(C(=O)c2ccccc2)n(C(=O)c2ccccc2)c2ccc(Cl)cc12. The van der Waals surface area contributed by atoms with Gasteiger partial charge in [0.2, 0.25) is 5.78 Å². The van der Waals surface area contributed by atoms with E-state index in [1.54, 1.807) is 66.7 Å². The maximum absolute atomic E-state index is 13.2. The zero-order valence-electron chi connectivity index (χ0n) is 14.2. The first-order valence-electron chi connectivity index (χ1n) is 8.37. The standard InChI is InChI=1S/C22H15ClN2O2/c23-16-11-12-18-17(13-16)19(24)20(21(26)14-7-3-1-4-8-14)25(18)22(27)15-9-5-2-6-10-15/h1-13H,24H2. The number of anilines is 1. The second-order valence-corrected chi connectivity index (χ2v) is 6.56. The number of ketones is 1. The molecule has 3 aromatic carbocycles. The molecule has 1 heterocycles. The van der Waals surface area contributed by atoms with Crippen LogP contribution in [0.4, 0.5) is 5.69 Å². The molecule has 0 radical (unpaired) electrons. The van der Waals surface area contributed by atoms with E-state index in [0.717, 1.165) is 0 Å². The van der Waals surface area contributed by atoms with Crippen LogP contribution in [0.2, 0.25) is 5.02 Å². The molecule has 0 atom stereocenters. The number of benzene rings is 3. The molecule has 0 spiro atoms. The number of carbonyl (C=O) groups excluding carboxylic acids is 2. The highest BCUT2D eigenvalue weighted by Crippen LogP contribution is 2.33. The maximum Gasteiger partial charge on any atom is 0.263 e. The van der Waals surface area contributed by atoms with E-state index in [4.69, 9.17) is 17.3 Å². The molecule has 5 heteroatoms. The third-order valence-electron chi connectivity index (χ3n) is 4.44. The summed E-state index contributed by atoms with van der Waals surface area (Å²) in [6.45, 7) is 0. The highest BCUT2D eigenvalue weighted by molar-refractivity contribution is 6.32. The second kappa shape index (κ2) is 6.74. The fourth-order valence-corrected chi connectivity index (χ4v) is 3.33. The summed E-state index contributed by atoms with van der Waals surface area (Å²) >= 11 is 6.11. The van der Waals surface area contributed by atoms with Crippen LogP contribution >= 0.6 is 11.6 Å². The maximum atomic E-state index is 13.2. The Morgan fingerprint density at radius 2 is 1.41 bits per heavy atom. The Bertz CT molecular complexity index is 1170. The first-order chi connectivity index (χ1) is 13.1. The summed E-state index contributed by atoms with van der Waals surface area (Å²) in [5.74, 6) is -0.636. The average molecular weight is 375 g/mol. The van der Waals surface area contributed by atoms with Crippen molar-refractivity contribution in [1.29, 1.82) is 0 Å². The lowest BCUT2D eigenvalue weighted by Gasteiger charge is -2.09. The van der Waals surface area contributed by atoms with Crippen LogP contribution in [0.25, 0.3) is 10.9 Å². The molecular weight excluding hydrogens is 360 g/mol. The Morgan fingerprint density at radius 3 is 2.04 bits per heavy atom. The van der Waals surface area contributed by atoms with Gasteiger partial charge in [0.1, 0.15) is 5.69 Å². The van der Waals surface area contributed by atoms with Gasteiger partial charge in [-0.05, 0) is 30.3 Å². The van der Waals surface area contributed by atoms with Crippen molar-refractivity contribution in [3.8, 4) is 0 Å². The first kappa shape index (κ1) is 17.1. The van der Waals surface area contributed by atoms with Crippen LogP contribution in [0.1, 0.15) is 26.4 Å². The van der Waals surface area contributed by atoms with Gasteiger partial charge in [-0.25, -0.2) is 0 Å². The van der Waals surface area contributed by atoms with E-state index in [2.05, 4.69) is 0 Å². The van der Waals surface area contributed by atoms with Gasteiger partial charge in [0, 0.05) is 21.5 Å². The van der Waals surface area contributed by atoms with E-state index >= 15 is 0 Å². The highest BCUT2D eigenvalue weighted by Gasteiger charge is 2.26. The van der Waals surface area contributed by atoms with Gasteiger partial charge in [0.15, 0.2) is 0 Å². The first-order valence-corrected chi connectivity index (χ1v) is 8.74. The minimum absolute atomic E-state index is 0.146. The molecule has 0 aliphatic rings. The smallest absolute Gasteiger partial charge is 0.263 e. The van der Waals surface area contributed by atoms with Crippen LogP contribution < -0.4 is 5.73 Å². The van der Waals surface area contributed by atoms with Crippen molar-refractivity contribution in [3.05, 3.63) is 101 Å². The van der Waals surface area contributed by atoms with Gasteiger partial charge in [0.25, 0.3) is 5.91 Å². The molecule has 0 aliphatic carbocycles. The van der Waals surface area contributed by atoms with Crippen LogP contribution in [-0.2, 0) is 0 Å². The number of rotatable bonds is 3. The quantitative estimate of drug-likeness (QED) is 0.524. The molecule has 0 saturated carbocycles. The molecule has 1 aromatic heterocycles. The number of aromatic nitrogens is 1. The number of nitrogens with two attached hydrogens (primary N) is 1. The average Bonchev–Trinajstić information content (AvgIpc) is 3.00. The number of halogens is 1. The number of hydrogen-bond acceptors (Lipinski definition) is 3. The predicted molar refractivity (Wildman–Crippen MR) is 107 cm³/mol. The molecular formula is C22H15ClN2O2. The van der Waals surface area contributed by atoms with E-state index in [9.17, 15) is 9.59 Å². The molecule has 0 aliphatic heterocycles. The molecule has 0 unspecified atom stereocenters. The van der Waals surface area contributed by atoms with E-state index in [1.165, 1.54) is 4.57 Å². The summed E-state index contributed by atoms with van der Waals surface area (Å²) in [5.41, 5.74) is 8.17. The van der Waals surface area contributed by atoms with Crippen LogP contribution in [0, 0.1) is 0 Å². The van der Waals surface area contributed by atoms with Crippen molar-refractivity contribution in [1.82, 2.24) is 4.57 Å². The van der Waals surface area contributed by atoms with E-state index < -0.39 is 0 Å². The van der Waals surface area contributed by atoms with Crippen LogP contribution in [0.5, 0.6) is 0 Å². The molecule has 0 saturated heterocycles. The van der Waals surface area contributed by atoms with Gasteiger partial charge < -0.3 is 5.73 Å². The van der Waals surface area contributed by atoms with Gasteiger partial charge in [0.05, 0.1) is 11.2 Å². The van der Waals surface area contributed by atoms with Gasteiger partial charge in [-0.1, -0.05) is 60.1 Å². The summed E-state index contributed by atoms with van der Waals surface area (Å²) in [7, 11) is 0. The largest absolute Gasteiger partial charge is 0.396 e. The fraction of sp³-hybridized carbons (Fsp3) is 0. The zero-order chi connectivity index (χ0) is 19.0. The lowest BCUT2D eigenvalue weighted by atomic mass is 10.1. The van der Waals surface area contributed by atoms with Crippen LogP contribution in [-0.4, -0.2) is 16.3 Å². The zero-order valence-corrected chi connectivity index (χ0v) is 15.0. The Labute approximate surface area is 160 Å². The second-order valence-electron chi connectivity index (χ2n) is 6.13. The van der Waals surface area contributed by atoms with Crippen molar-refractivity contribution < 1.29 is 9.59 Å². The number of carbonyl (C=O) groups is 2. The van der Waals surface area contributed by atoms with E-state index in [-0.39, 0.29) is 23.1 Å². The van der Waals surface area contributed by atoms with Crippen molar-refractivity contribution in [2.24, 2.45) is 0 Å². The monoisotopic (exact) mass is 374 g/mol. The van der Waals surface area contributed by atoms with Crippen LogP contribution in [0.15, 0.2) is 78.9 Å². The van der Waals surface area contributed by atoms with Crippen molar-refractivity contribution >= 4 is 39.9 Å². The van der Waals surface area contributed by atoms with E-state index in [0.29, 0.717) is 27.1 Å². The van der Waals surface area contributed by atoms with Gasteiger partial charge in [-0.15, -0.1) is 0 Å². The van der Waals surface area contributed by atoms with Gasteiger partial charge >= 0.3 is 0 Å². The normalized spacial score (nSPS) is 10.9. The molecule has 0 bridgehead atoms. The Hall–Kier alpha value is -3.37. The molecule has 0 amide bonds. The lowest BCUT2D eigenvalue weighted by Crippen LogP contribution is -2.19. The topological polar surface area (TPSA) is 65.1 Å². The van der Waals surface area contributed by atoms with Crippen LogP contribution in [0.3, 0.4) is 0 Å². The fourth-order valence-electron chi connectivity index (χ4n) is 3.16. The minimum Gasteiger partial charge on any atom is -0.396 e. The molecule has 27 heavy (non-hydrogen) atoms. The molecule has 4 rings (SSSR count). The number of nitrogen functional groups attached to an aromatic ring is 1. The van der Waals surface area contributed by atoms with Gasteiger partial charge in [-0.3, -0.25) is 14.2 Å². The predicted octanol–water partition coefficient (Wildman–Crippen LogP) is 4.80. The molecule has 2 N–H and O–H groups in total. The minimum atomic E-state index is -0.320. The molecule has 132 valence electrons. The number of fused-ring (bicyclic) bond motifs is 1. The van der Waals surface area contributed by atoms with Gasteiger partial charge in [-0.2, -0.15) is 0 Å². The Kier molecular flexibility index (Phi) is 4.26. The summed E-state index contributed by atoms with van der Waals surface area (Å²) in [6, 6.07) is 22.6. The van der Waals surface area contributed by atoms with Crippen molar-refractivity contribution in [2.75, 3.05) is 5.73 Å². The molecule has 0 fully saturated rings. The summed E-state index contributed by atoms with van der Waals surface area (Å²) < 4.78 is 1.38. The third-order valence-corrected chi connectivity index (χ3v) is 4.68. The van der Waals surface area contributed by atoms with E-state index in [1.807, 2.05) is 12.1 Å². The molecule has 4 nitrogen and oxygen atoms in total. The highest BCUT2D eigenvalue weighted by atomic mass is 35.5. The third kappa shape index (κ3) is 2.90.